The molecule has 1 fully saturated rings. The van der Waals surface area contributed by atoms with E-state index in [4.69, 9.17) is 14.5 Å². The van der Waals surface area contributed by atoms with Gasteiger partial charge in [0.15, 0.2) is 5.96 Å². The second-order valence-corrected chi connectivity index (χ2v) is 8.37. The first kappa shape index (κ1) is 24.5. The number of nitrogens with zero attached hydrogens (tertiary/aromatic N) is 2. The first-order valence-corrected chi connectivity index (χ1v) is 10.4. The first-order chi connectivity index (χ1) is 13.2. The van der Waals surface area contributed by atoms with E-state index in [-0.39, 0.29) is 18.1 Å². The summed E-state index contributed by atoms with van der Waals surface area (Å²) < 4.78 is 11.0. The molecule has 0 aliphatic carbocycles. The number of nitrogens with one attached hydrogen (secondary N) is 2. The van der Waals surface area contributed by atoms with Gasteiger partial charge >= 0.3 is 6.09 Å². The van der Waals surface area contributed by atoms with Crippen molar-refractivity contribution in [1.29, 1.82) is 0 Å². The van der Waals surface area contributed by atoms with Crippen LogP contribution >= 0.6 is 0 Å². The minimum Gasteiger partial charge on any atom is -0.444 e. The summed E-state index contributed by atoms with van der Waals surface area (Å²) in [4.78, 5) is 18.8. The van der Waals surface area contributed by atoms with Crippen LogP contribution in [0.15, 0.2) is 4.99 Å². The van der Waals surface area contributed by atoms with Crippen molar-refractivity contribution in [1.82, 2.24) is 15.5 Å². The lowest BCUT2D eigenvalue weighted by atomic mass is 9.84. The normalized spacial score (nSPS) is 20.1. The summed E-state index contributed by atoms with van der Waals surface area (Å²) in [5, 5.41) is 15.9. The number of carbonyl (C=O) groups is 1. The predicted molar refractivity (Wildman–Crippen MR) is 112 cm³/mol. The number of hydrogen-bond donors (Lipinski definition) is 3. The maximum atomic E-state index is 12.4. The molecule has 28 heavy (non-hydrogen) atoms. The Hall–Kier alpha value is -1.54. The van der Waals surface area contributed by atoms with Crippen LogP contribution in [0, 0.1) is 5.41 Å². The van der Waals surface area contributed by atoms with Gasteiger partial charge in [-0.05, 0) is 47.0 Å². The smallest absolute Gasteiger partial charge is 0.410 e. The monoisotopic (exact) mass is 400 g/mol. The van der Waals surface area contributed by atoms with E-state index >= 15 is 0 Å². The highest BCUT2D eigenvalue weighted by atomic mass is 16.6. The number of aliphatic imine (C=N–C) groups is 1. The van der Waals surface area contributed by atoms with Crippen molar-refractivity contribution < 1.29 is 19.4 Å². The fraction of sp³-hybridized carbons (Fsp3) is 0.900. The van der Waals surface area contributed by atoms with Gasteiger partial charge in [0.2, 0.25) is 0 Å². The summed E-state index contributed by atoms with van der Waals surface area (Å²) in [6, 6.07) is 0. The molecular weight excluding hydrogens is 360 g/mol. The largest absolute Gasteiger partial charge is 0.444 e. The van der Waals surface area contributed by atoms with E-state index < -0.39 is 5.60 Å². The van der Waals surface area contributed by atoms with Crippen LogP contribution in [-0.4, -0.2) is 80.2 Å². The zero-order chi connectivity index (χ0) is 21.0. The second kappa shape index (κ2) is 12.1. The Morgan fingerprint density at radius 1 is 1.29 bits per heavy atom. The molecule has 1 atom stereocenters. The molecule has 164 valence electrons. The number of amides is 1. The van der Waals surface area contributed by atoms with Gasteiger partial charge in [0, 0.05) is 44.8 Å². The molecule has 0 aromatic carbocycles. The van der Waals surface area contributed by atoms with Crippen LogP contribution in [0.4, 0.5) is 4.79 Å². The number of aliphatic hydroxyl groups is 1. The average molecular weight is 401 g/mol. The Bertz CT molecular complexity index is 485. The maximum absolute atomic E-state index is 12.4. The van der Waals surface area contributed by atoms with Crippen LogP contribution in [-0.2, 0) is 9.47 Å². The van der Waals surface area contributed by atoms with Crippen molar-refractivity contribution in [3.8, 4) is 0 Å². The van der Waals surface area contributed by atoms with E-state index in [1.165, 1.54) is 0 Å². The quantitative estimate of drug-likeness (QED) is 0.383. The summed E-state index contributed by atoms with van der Waals surface area (Å²) in [6.07, 6.45) is 2.19. The van der Waals surface area contributed by atoms with Gasteiger partial charge in [-0.3, -0.25) is 4.99 Å². The van der Waals surface area contributed by atoms with Crippen LogP contribution in [0.3, 0.4) is 0 Å². The molecule has 1 amide bonds. The minimum atomic E-state index is -0.503. The summed E-state index contributed by atoms with van der Waals surface area (Å²) in [5.74, 6) is 0.715. The van der Waals surface area contributed by atoms with Crippen LogP contribution < -0.4 is 10.6 Å². The fourth-order valence-corrected chi connectivity index (χ4v) is 3.08. The molecule has 0 bridgehead atoms. The van der Waals surface area contributed by atoms with Gasteiger partial charge in [0.25, 0.3) is 0 Å². The molecule has 1 unspecified atom stereocenters. The zero-order valence-corrected chi connectivity index (χ0v) is 18.3. The minimum absolute atomic E-state index is 0.0815. The number of aliphatic hydroxyl groups excluding tert-OH is 1. The predicted octanol–water partition coefficient (Wildman–Crippen LogP) is 1.98. The van der Waals surface area contributed by atoms with E-state index in [0.29, 0.717) is 45.2 Å². The van der Waals surface area contributed by atoms with E-state index in [9.17, 15) is 9.90 Å². The van der Waals surface area contributed by atoms with E-state index in [0.717, 1.165) is 26.0 Å². The third-order valence-electron chi connectivity index (χ3n) is 4.56. The lowest BCUT2D eigenvalue weighted by Crippen LogP contribution is -2.45. The molecule has 1 heterocycles. The summed E-state index contributed by atoms with van der Waals surface area (Å²) >= 11 is 0. The highest BCUT2D eigenvalue weighted by Gasteiger charge is 2.34. The van der Waals surface area contributed by atoms with Crippen LogP contribution in [0.5, 0.6) is 0 Å². The molecule has 1 rings (SSSR count). The van der Waals surface area contributed by atoms with Crippen molar-refractivity contribution >= 4 is 12.1 Å². The molecule has 1 aliphatic heterocycles. The molecular formula is C20H40N4O4. The van der Waals surface area contributed by atoms with Crippen molar-refractivity contribution in [2.24, 2.45) is 10.4 Å². The summed E-state index contributed by atoms with van der Waals surface area (Å²) in [6.45, 7) is 14.3. The van der Waals surface area contributed by atoms with E-state index in [1.54, 1.807) is 4.90 Å². The van der Waals surface area contributed by atoms with Crippen molar-refractivity contribution in [2.75, 3.05) is 52.5 Å². The summed E-state index contributed by atoms with van der Waals surface area (Å²) in [7, 11) is 0. The molecule has 3 N–H and O–H groups in total. The third kappa shape index (κ3) is 9.10. The Morgan fingerprint density at radius 3 is 2.57 bits per heavy atom. The fourth-order valence-electron chi connectivity index (χ4n) is 3.08. The molecule has 1 aliphatic rings. The standard InChI is InChI=1S/C20H40N4O4/c1-6-11-24(18(26)28-19(3,4)5)12-10-22-17(21-7-2)23-15-20(8-13-25)9-14-27-16-20/h25H,6-16H2,1-5H3,(H2,21,22,23). The lowest BCUT2D eigenvalue weighted by Gasteiger charge is -2.27. The molecule has 8 nitrogen and oxygen atoms in total. The van der Waals surface area contributed by atoms with Gasteiger partial charge in [-0.25, -0.2) is 4.79 Å². The first-order valence-electron chi connectivity index (χ1n) is 10.4. The Morgan fingerprint density at radius 2 is 2.04 bits per heavy atom. The maximum Gasteiger partial charge on any atom is 0.410 e. The van der Waals surface area contributed by atoms with Gasteiger partial charge in [-0.15, -0.1) is 0 Å². The number of hydrogen-bond acceptors (Lipinski definition) is 5. The Kier molecular flexibility index (Phi) is 10.6. The van der Waals surface area contributed by atoms with Crippen LogP contribution in [0.25, 0.3) is 0 Å². The topological polar surface area (TPSA) is 95.4 Å². The van der Waals surface area contributed by atoms with Crippen LogP contribution in [0.2, 0.25) is 0 Å². The summed E-state index contributed by atoms with van der Waals surface area (Å²) in [5.41, 5.74) is -0.584. The average Bonchev–Trinajstić information content (AvgIpc) is 3.06. The molecule has 0 aromatic rings. The number of guanidine groups is 1. The molecule has 1 saturated heterocycles. The number of rotatable bonds is 10. The molecule has 0 aromatic heterocycles. The molecule has 8 heteroatoms. The Labute approximate surface area is 170 Å². The molecule has 0 radical (unpaired) electrons. The SMILES string of the molecule is CCCN(CCNC(=NCC1(CCO)CCOC1)NCC)C(=O)OC(C)(C)C. The van der Waals surface area contributed by atoms with Crippen LogP contribution in [0.1, 0.15) is 53.9 Å². The highest BCUT2D eigenvalue weighted by molar-refractivity contribution is 5.79. The zero-order valence-electron chi connectivity index (χ0n) is 18.3. The second-order valence-electron chi connectivity index (χ2n) is 8.37. The van der Waals surface area contributed by atoms with E-state index in [2.05, 4.69) is 10.6 Å². The van der Waals surface area contributed by atoms with Gasteiger partial charge in [0.1, 0.15) is 5.60 Å². The lowest BCUT2D eigenvalue weighted by molar-refractivity contribution is 0.0253. The molecule has 0 spiro atoms. The number of carbonyl (C=O) groups excluding carboxylic acids is 1. The third-order valence-corrected chi connectivity index (χ3v) is 4.56. The van der Waals surface area contributed by atoms with Gasteiger partial charge in [-0.1, -0.05) is 6.92 Å². The number of ether oxygens (including phenoxy) is 2. The Balaban J connectivity index is 2.61. The van der Waals surface area contributed by atoms with Crippen molar-refractivity contribution in [2.45, 2.75) is 59.5 Å². The molecule has 0 saturated carbocycles. The van der Waals surface area contributed by atoms with Crippen molar-refractivity contribution in [3.63, 3.8) is 0 Å². The van der Waals surface area contributed by atoms with E-state index in [1.807, 2.05) is 34.6 Å². The van der Waals surface area contributed by atoms with Gasteiger partial charge < -0.3 is 30.1 Å². The van der Waals surface area contributed by atoms with Crippen molar-refractivity contribution in [3.05, 3.63) is 0 Å². The highest BCUT2D eigenvalue weighted by Crippen LogP contribution is 2.32. The van der Waals surface area contributed by atoms with Gasteiger partial charge in [0.05, 0.1) is 13.2 Å². The van der Waals surface area contributed by atoms with Gasteiger partial charge in [-0.2, -0.15) is 0 Å².